The smallest absolute Gasteiger partial charge is 0.214 e. The third-order valence-electron chi connectivity index (χ3n) is 2.03. The van der Waals surface area contributed by atoms with Gasteiger partial charge in [-0.1, -0.05) is 11.6 Å². The molecule has 0 N–H and O–H groups in total. The van der Waals surface area contributed by atoms with Crippen LogP contribution in [0.4, 0.5) is 0 Å². The molecular weight excluding hydrogens is 204 g/mol. The summed E-state index contributed by atoms with van der Waals surface area (Å²) in [4.78, 5) is 0. The number of halogens is 1. The standard InChI is InChI=1S/C6H9ClO4S/c1-4-2-10-6(11-4)3-12(8,9)5(6)7/h4-5H,2-3H2,1H3/t4-,5+,6-/m1/s1. The quantitative estimate of drug-likeness (QED) is 0.535. The maximum atomic E-state index is 11.0. The Labute approximate surface area is 75.7 Å². The highest BCUT2D eigenvalue weighted by Crippen LogP contribution is 2.43. The van der Waals surface area contributed by atoms with Crippen molar-refractivity contribution in [1.29, 1.82) is 0 Å². The summed E-state index contributed by atoms with van der Waals surface area (Å²) in [5, 5.41) is 0. The summed E-state index contributed by atoms with van der Waals surface area (Å²) in [7, 11) is -3.16. The van der Waals surface area contributed by atoms with Gasteiger partial charge in [-0.15, -0.1) is 0 Å². The minimum absolute atomic E-state index is 0.0678. The predicted molar refractivity (Wildman–Crippen MR) is 42.7 cm³/mol. The number of hydrogen-bond donors (Lipinski definition) is 0. The molecule has 70 valence electrons. The van der Waals surface area contributed by atoms with Gasteiger partial charge >= 0.3 is 0 Å². The van der Waals surface area contributed by atoms with Crippen LogP contribution in [0.2, 0.25) is 0 Å². The van der Waals surface area contributed by atoms with Gasteiger partial charge in [0.05, 0.1) is 12.7 Å². The van der Waals surface area contributed by atoms with Crippen molar-refractivity contribution in [2.45, 2.75) is 23.5 Å². The zero-order valence-corrected chi connectivity index (χ0v) is 8.06. The lowest BCUT2D eigenvalue weighted by atomic mass is 10.3. The Morgan fingerprint density at radius 3 is 2.58 bits per heavy atom. The maximum absolute atomic E-state index is 11.0. The molecule has 0 unspecified atom stereocenters. The lowest BCUT2D eigenvalue weighted by molar-refractivity contribution is -0.149. The molecule has 0 aromatic rings. The van der Waals surface area contributed by atoms with Crippen LogP contribution in [0.25, 0.3) is 0 Å². The number of rotatable bonds is 0. The van der Waals surface area contributed by atoms with Crippen LogP contribution in [0.3, 0.4) is 0 Å². The van der Waals surface area contributed by atoms with Crippen LogP contribution in [-0.4, -0.2) is 37.4 Å². The van der Waals surface area contributed by atoms with Crippen LogP contribution in [0.15, 0.2) is 0 Å². The molecule has 12 heavy (non-hydrogen) atoms. The first-order valence-corrected chi connectivity index (χ1v) is 5.79. The van der Waals surface area contributed by atoms with E-state index in [1.807, 2.05) is 6.92 Å². The Kier molecular flexibility index (Phi) is 1.71. The molecular formula is C6H9ClO4S. The minimum Gasteiger partial charge on any atom is -0.344 e. The molecule has 2 heterocycles. The summed E-state index contributed by atoms with van der Waals surface area (Å²) in [6.07, 6.45) is -0.0678. The van der Waals surface area contributed by atoms with Gasteiger partial charge in [-0.25, -0.2) is 8.42 Å². The van der Waals surface area contributed by atoms with Gasteiger partial charge in [-0.3, -0.25) is 0 Å². The molecule has 2 saturated heterocycles. The highest BCUT2D eigenvalue weighted by atomic mass is 35.5. The fourth-order valence-corrected chi connectivity index (χ4v) is 3.41. The second-order valence-electron chi connectivity index (χ2n) is 3.17. The van der Waals surface area contributed by atoms with E-state index < -0.39 is 20.3 Å². The van der Waals surface area contributed by atoms with Crippen molar-refractivity contribution >= 4 is 21.4 Å². The Hall–Kier alpha value is 0.160. The van der Waals surface area contributed by atoms with Crippen LogP contribution in [0.5, 0.6) is 0 Å². The van der Waals surface area contributed by atoms with E-state index in [9.17, 15) is 8.42 Å². The van der Waals surface area contributed by atoms with Crippen LogP contribution in [0.1, 0.15) is 6.92 Å². The van der Waals surface area contributed by atoms with Crippen LogP contribution >= 0.6 is 11.6 Å². The molecule has 3 atom stereocenters. The third kappa shape index (κ3) is 1.00. The molecule has 0 amide bonds. The third-order valence-corrected chi connectivity index (χ3v) is 4.97. The van der Waals surface area contributed by atoms with Gasteiger partial charge in [0.2, 0.25) is 5.79 Å². The van der Waals surface area contributed by atoms with Gasteiger partial charge in [0.15, 0.2) is 14.5 Å². The van der Waals surface area contributed by atoms with Crippen molar-refractivity contribution in [3.63, 3.8) is 0 Å². The Bertz CT molecular complexity index is 301. The Balaban J connectivity index is 2.19. The lowest BCUT2D eigenvalue weighted by Crippen LogP contribution is -2.61. The van der Waals surface area contributed by atoms with Crippen LogP contribution in [0, 0.1) is 0 Å². The average molecular weight is 213 g/mol. The van der Waals surface area contributed by atoms with Crippen LogP contribution < -0.4 is 0 Å². The summed E-state index contributed by atoms with van der Waals surface area (Å²) >= 11 is 5.63. The first-order chi connectivity index (χ1) is 5.46. The summed E-state index contributed by atoms with van der Waals surface area (Å²) < 4.78 is 31.5. The topological polar surface area (TPSA) is 52.6 Å². The molecule has 1 spiro atoms. The number of alkyl halides is 1. The number of hydrogen-bond acceptors (Lipinski definition) is 4. The lowest BCUT2D eigenvalue weighted by Gasteiger charge is -2.39. The van der Waals surface area contributed by atoms with Gasteiger partial charge in [-0.2, -0.15) is 0 Å². The van der Waals surface area contributed by atoms with E-state index in [1.54, 1.807) is 0 Å². The van der Waals surface area contributed by atoms with Crippen molar-refractivity contribution in [3.05, 3.63) is 0 Å². The number of ether oxygens (including phenoxy) is 2. The second-order valence-corrected chi connectivity index (χ2v) is 5.96. The molecule has 0 aliphatic carbocycles. The second kappa shape index (κ2) is 2.35. The van der Waals surface area contributed by atoms with E-state index in [4.69, 9.17) is 21.1 Å². The molecule has 4 nitrogen and oxygen atoms in total. The monoisotopic (exact) mass is 212 g/mol. The first-order valence-electron chi connectivity index (χ1n) is 3.64. The summed E-state index contributed by atoms with van der Waals surface area (Å²) in [5.74, 6) is -1.15. The van der Waals surface area contributed by atoms with E-state index in [0.717, 1.165) is 0 Å². The molecule has 2 fully saturated rings. The van der Waals surface area contributed by atoms with Crippen molar-refractivity contribution in [1.82, 2.24) is 0 Å². The summed E-state index contributed by atoms with van der Waals surface area (Å²) in [6, 6.07) is 0. The molecule has 2 rings (SSSR count). The zero-order valence-electron chi connectivity index (χ0n) is 6.49. The fraction of sp³-hybridized carbons (Fsp3) is 1.00. The molecule has 0 radical (unpaired) electrons. The molecule has 2 aliphatic rings. The predicted octanol–water partition coefficient (Wildman–Crippen LogP) is 0.111. The highest BCUT2D eigenvalue weighted by Gasteiger charge is 2.63. The fourth-order valence-electron chi connectivity index (χ4n) is 1.45. The van der Waals surface area contributed by atoms with E-state index >= 15 is 0 Å². The Morgan fingerprint density at radius 2 is 2.25 bits per heavy atom. The molecule has 0 aromatic carbocycles. The van der Waals surface area contributed by atoms with Crippen molar-refractivity contribution in [2.75, 3.05) is 12.4 Å². The Morgan fingerprint density at radius 1 is 1.58 bits per heavy atom. The zero-order chi connectivity index (χ0) is 8.98. The van der Waals surface area contributed by atoms with Gasteiger partial charge < -0.3 is 9.47 Å². The first kappa shape index (κ1) is 8.74. The van der Waals surface area contributed by atoms with E-state index in [2.05, 4.69) is 0 Å². The molecule has 2 aliphatic heterocycles. The number of sulfone groups is 1. The molecule has 0 saturated carbocycles. The van der Waals surface area contributed by atoms with Crippen molar-refractivity contribution < 1.29 is 17.9 Å². The molecule has 0 bridgehead atoms. The average Bonchev–Trinajstić information content (AvgIpc) is 2.32. The normalized spacial score (nSPS) is 50.8. The highest BCUT2D eigenvalue weighted by molar-refractivity contribution is 7.95. The van der Waals surface area contributed by atoms with Gasteiger partial charge in [0.25, 0.3) is 0 Å². The summed E-state index contributed by atoms with van der Waals surface area (Å²) in [5.41, 5.74) is 0. The van der Waals surface area contributed by atoms with E-state index in [-0.39, 0.29) is 11.9 Å². The largest absolute Gasteiger partial charge is 0.344 e. The van der Waals surface area contributed by atoms with E-state index in [0.29, 0.717) is 6.61 Å². The maximum Gasteiger partial charge on any atom is 0.214 e. The van der Waals surface area contributed by atoms with E-state index in [1.165, 1.54) is 0 Å². The molecule has 0 aromatic heterocycles. The van der Waals surface area contributed by atoms with Crippen molar-refractivity contribution in [2.24, 2.45) is 0 Å². The van der Waals surface area contributed by atoms with Crippen molar-refractivity contribution in [3.8, 4) is 0 Å². The minimum atomic E-state index is -3.16. The van der Waals surface area contributed by atoms with Crippen LogP contribution in [-0.2, 0) is 19.3 Å². The van der Waals surface area contributed by atoms with Gasteiger partial charge in [0, 0.05) is 0 Å². The van der Waals surface area contributed by atoms with Gasteiger partial charge in [-0.05, 0) is 6.92 Å². The summed E-state index contributed by atoms with van der Waals surface area (Å²) in [6.45, 7) is 2.24. The van der Waals surface area contributed by atoms with Gasteiger partial charge in [0.1, 0.15) is 5.75 Å². The SMILES string of the molecule is C[C@@H]1CO[C@]2(CS(=O)(=O)[C@@H]2Cl)O1. The molecule has 6 heteroatoms.